The van der Waals surface area contributed by atoms with Crippen LogP contribution in [-0.4, -0.2) is 39.5 Å². The Bertz CT molecular complexity index is 858. The minimum absolute atomic E-state index is 0.792. The lowest BCUT2D eigenvalue weighted by atomic mass is 10.3. The van der Waals surface area contributed by atoms with Gasteiger partial charge in [0.2, 0.25) is 0 Å². The Labute approximate surface area is 155 Å². The van der Waals surface area contributed by atoms with Gasteiger partial charge in [0.05, 0.1) is 10.6 Å². The Morgan fingerprint density at radius 2 is 1.96 bits per heavy atom. The van der Waals surface area contributed by atoms with Crippen molar-refractivity contribution in [1.82, 2.24) is 15.0 Å². The second-order valence-corrected chi connectivity index (χ2v) is 8.09. The van der Waals surface area contributed by atoms with Gasteiger partial charge >= 0.3 is 0 Å². The Morgan fingerprint density at radius 3 is 2.80 bits per heavy atom. The molecule has 3 aromatic rings. The average Bonchev–Trinajstić information content (AvgIpc) is 3.13. The van der Waals surface area contributed by atoms with E-state index in [1.54, 1.807) is 17.5 Å². The van der Waals surface area contributed by atoms with Crippen LogP contribution in [0.4, 0.5) is 16.8 Å². The third-order valence-corrected chi connectivity index (χ3v) is 5.97. The van der Waals surface area contributed by atoms with Crippen molar-refractivity contribution in [1.29, 1.82) is 0 Å². The molecule has 0 aliphatic carbocycles. The minimum Gasteiger partial charge on any atom is -0.346 e. The van der Waals surface area contributed by atoms with Crippen LogP contribution in [0.15, 0.2) is 42.7 Å². The fourth-order valence-electron chi connectivity index (χ4n) is 2.66. The van der Waals surface area contributed by atoms with Crippen molar-refractivity contribution in [2.45, 2.75) is 6.92 Å². The van der Waals surface area contributed by atoms with Crippen molar-refractivity contribution < 1.29 is 0 Å². The van der Waals surface area contributed by atoms with E-state index in [2.05, 4.69) is 27.1 Å². The first-order valence-corrected chi connectivity index (χ1v) is 10.2. The summed E-state index contributed by atoms with van der Waals surface area (Å²) in [5.74, 6) is 3.95. The van der Waals surface area contributed by atoms with E-state index >= 15 is 0 Å². The maximum Gasteiger partial charge on any atom is 0.185 e. The van der Waals surface area contributed by atoms with E-state index in [1.165, 1.54) is 17.1 Å². The Hall–Kier alpha value is -2.12. The zero-order valence-corrected chi connectivity index (χ0v) is 15.6. The van der Waals surface area contributed by atoms with Gasteiger partial charge in [-0.2, -0.15) is 11.8 Å². The molecule has 0 unspecified atom stereocenters. The van der Waals surface area contributed by atoms with Gasteiger partial charge in [-0.3, -0.25) is 0 Å². The monoisotopic (exact) mass is 369 g/mol. The van der Waals surface area contributed by atoms with E-state index in [0.29, 0.717) is 0 Å². The number of hydrogen-bond acceptors (Lipinski definition) is 7. The largest absolute Gasteiger partial charge is 0.346 e. The Kier molecular flexibility index (Phi) is 4.85. The topological polar surface area (TPSA) is 53.9 Å². The summed E-state index contributed by atoms with van der Waals surface area (Å²) in [5, 5.41) is 4.37. The van der Waals surface area contributed by atoms with Gasteiger partial charge in [0.15, 0.2) is 5.13 Å². The van der Waals surface area contributed by atoms with Crippen LogP contribution in [0, 0.1) is 6.92 Å². The molecular weight excluding hydrogens is 350 g/mol. The van der Waals surface area contributed by atoms with Gasteiger partial charge in [0.1, 0.15) is 11.6 Å². The van der Waals surface area contributed by atoms with Gasteiger partial charge in [0, 0.05) is 37.0 Å². The van der Waals surface area contributed by atoms with Crippen molar-refractivity contribution in [2.24, 2.45) is 0 Å². The zero-order chi connectivity index (χ0) is 17.1. The number of thioether (sulfide) groups is 1. The summed E-state index contributed by atoms with van der Waals surface area (Å²) in [7, 11) is 0. The van der Waals surface area contributed by atoms with E-state index in [4.69, 9.17) is 4.98 Å². The number of aryl methyl sites for hydroxylation is 1. The highest BCUT2D eigenvalue weighted by Gasteiger charge is 2.15. The number of nitrogens with one attached hydrogen (secondary N) is 1. The summed E-state index contributed by atoms with van der Waals surface area (Å²) in [6, 6.07) is 9.98. The first-order chi connectivity index (χ1) is 12.3. The van der Waals surface area contributed by atoms with E-state index in [0.717, 1.165) is 40.4 Å². The van der Waals surface area contributed by atoms with Gasteiger partial charge in [-0.25, -0.2) is 15.0 Å². The fraction of sp³-hybridized carbons (Fsp3) is 0.278. The highest BCUT2D eigenvalue weighted by atomic mass is 32.2. The number of aromatic nitrogens is 3. The summed E-state index contributed by atoms with van der Waals surface area (Å²) in [6.07, 6.45) is 3.73. The quantitative estimate of drug-likeness (QED) is 0.744. The number of anilines is 3. The summed E-state index contributed by atoms with van der Waals surface area (Å²) >= 11 is 3.72. The molecular formula is C18H19N5S2. The molecule has 1 aliphatic heterocycles. The molecule has 0 atom stereocenters. The van der Waals surface area contributed by atoms with Crippen molar-refractivity contribution in [3.05, 3.63) is 48.3 Å². The van der Waals surface area contributed by atoms with Crippen LogP contribution in [0.3, 0.4) is 0 Å². The fourth-order valence-corrected chi connectivity index (χ4v) is 4.50. The predicted molar refractivity (Wildman–Crippen MR) is 107 cm³/mol. The minimum atomic E-state index is 0.792. The molecule has 0 saturated carbocycles. The lowest BCUT2D eigenvalue weighted by Crippen LogP contribution is -2.32. The van der Waals surface area contributed by atoms with E-state index in [-0.39, 0.29) is 0 Å². The van der Waals surface area contributed by atoms with Crippen molar-refractivity contribution in [2.75, 3.05) is 34.8 Å². The van der Waals surface area contributed by atoms with Crippen LogP contribution in [0.25, 0.3) is 10.6 Å². The number of hydrogen-bond donors (Lipinski definition) is 1. The average molecular weight is 370 g/mol. The summed E-state index contributed by atoms with van der Waals surface area (Å²) < 4.78 is 0. The van der Waals surface area contributed by atoms with Crippen molar-refractivity contribution in [3.8, 4) is 10.6 Å². The molecule has 0 radical (unpaired) electrons. The first kappa shape index (κ1) is 16.4. The smallest absolute Gasteiger partial charge is 0.185 e. The molecule has 7 heteroatoms. The SMILES string of the molecule is Cc1ccnc(Nc2cccc(-c3cnc(N4CCSCC4)s3)n2)c1. The normalized spacial score (nSPS) is 14.5. The molecule has 4 heterocycles. The molecule has 0 amide bonds. The first-order valence-electron chi connectivity index (χ1n) is 8.23. The molecule has 0 aromatic carbocycles. The van der Waals surface area contributed by atoms with Gasteiger partial charge in [-0.15, -0.1) is 0 Å². The molecule has 128 valence electrons. The number of nitrogens with zero attached hydrogens (tertiary/aromatic N) is 4. The molecule has 0 spiro atoms. The maximum atomic E-state index is 4.72. The van der Waals surface area contributed by atoms with Gasteiger partial charge in [-0.1, -0.05) is 17.4 Å². The van der Waals surface area contributed by atoms with Crippen LogP contribution < -0.4 is 10.2 Å². The van der Waals surface area contributed by atoms with Crippen molar-refractivity contribution in [3.63, 3.8) is 0 Å². The Morgan fingerprint density at radius 1 is 1.08 bits per heavy atom. The Balaban J connectivity index is 1.54. The molecule has 1 saturated heterocycles. The van der Waals surface area contributed by atoms with Crippen LogP contribution in [0.1, 0.15) is 5.56 Å². The number of thiazole rings is 1. The molecule has 0 bridgehead atoms. The van der Waals surface area contributed by atoms with Crippen LogP contribution in [-0.2, 0) is 0 Å². The molecule has 5 nitrogen and oxygen atoms in total. The van der Waals surface area contributed by atoms with Gasteiger partial charge in [0.25, 0.3) is 0 Å². The second kappa shape index (κ2) is 7.41. The van der Waals surface area contributed by atoms with Gasteiger partial charge in [-0.05, 0) is 36.8 Å². The van der Waals surface area contributed by atoms with Crippen molar-refractivity contribution >= 4 is 39.9 Å². The molecule has 25 heavy (non-hydrogen) atoms. The van der Waals surface area contributed by atoms with Crippen LogP contribution >= 0.6 is 23.1 Å². The molecule has 1 fully saturated rings. The standard InChI is InChI=1S/C18H19N5S2/c1-13-5-6-19-17(11-13)22-16-4-2-3-14(21-16)15-12-20-18(25-15)23-7-9-24-10-8-23/h2-6,11-12H,7-10H2,1H3,(H,19,21,22). The van der Waals surface area contributed by atoms with E-state index in [9.17, 15) is 0 Å². The molecule has 1 N–H and O–H groups in total. The summed E-state index contributed by atoms with van der Waals surface area (Å²) in [4.78, 5) is 17.1. The predicted octanol–water partition coefficient (Wildman–Crippen LogP) is 4.21. The second-order valence-electron chi connectivity index (χ2n) is 5.86. The molecule has 4 rings (SSSR count). The number of pyridine rings is 2. The van der Waals surface area contributed by atoms with Crippen LogP contribution in [0.2, 0.25) is 0 Å². The lowest BCUT2D eigenvalue weighted by molar-refractivity contribution is 0.853. The molecule has 3 aromatic heterocycles. The zero-order valence-electron chi connectivity index (χ0n) is 14.0. The third-order valence-electron chi connectivity index (χ3n) is 3.95. The third kappa shape index (κ3) is 3.93. The maximum absolute atomic E-state index is 4.72. The highest BCUT2D eigenvalue weighted by Crippen LogP contribution is 2.31. The summed E-state index contributed by atoms with van der Waals surface area (Å²) in [5.41, 5.74) is 2.10. The lowest BCUT2D eigenvalue weighted by Gasteiger charge is -2.25. The number of rotatable bonds is 4. The van der Waals surface area contributed by atoms with Gasteiger partial charge < -0.3 is 10.2 Å². The van der Waals surface area contributed by atoms with E-state index < -0.39 is 0 Å². The van der Waals surface area contributed by atoms with E-state index in [1.807, 2.05) is 48.3 Å². The summed E-state index contributed by atoms with van der Waals surface area (Å²) in [6.45, 7) is 4.20. The highest BCUT2D eigenvalue weighted by molar-refractivity contribution is 7.99. The van der Waals surface area contributed by atoms with Crippen LogP contribution in [0.5, 0.6) is 0 Å². The molecule has 1 aliphatic rings.